The first-order valence-corrected chi connectivity index (χ1v) is 3.54. The second-order valence-corrected chi connectivity index (χ2v) is 2.22. The number of aliphatic hydroxyl groups is 2. The van der Waals surface area contributed by atoms with E-state index in [4.69, 9.17) is 10.2 Å². The third-order valence-electron chi connectivity index (χ3n) is 1.29. The van der Waals surface area contributed by atoms with Crippen LogP contribution in [0.5, 0.6) is 5.75 Å². The highest BCUT2D eigenvalue weighted by Gasteiger charge is 2.09. The van der Waals surface area contributed by atoms with Crippen molar-refractivity contribution in [3.63, 3.8) is 0 Å². The van der Waals surface area contributed by atoms with Crippen molar-refractivity contribution in [3.8, 4) is 5.75 Å². The molecule has 1 rings (SSSR count). The van der Waals surface area contributed by atoms with Gasteiger partial charge in [-0.3, -0.25) is 0 Å². The Morgan fingerprint density at radius 1 is 1.31 bits per heavy atom. The lowest BCUT2D eigenvalue weighted by atomic mass is 10.3. The van der Waals surface area contributed by atoms with Crippen LogP contribution in [0.15, 0.2) is 42.4 Å². The Bertz CT molecular complexity index is 316. The summed E-state index contributed by atoms with van der Waals surface area (Å²) in [6, 6.07) is 8.24. The molecule has 0 aliphatic heterocycles. The highest BCUT2D eigenvalue weighted by Crippen LogP contribution is 2.09. The minimum Gasteiger partial charge on any atom is -0.511 e. The van der Waals surface area contributed by atoms with Crippen molar-refractivity contribution in [2.45, 2.75) is 0 Å². The molecule has 0 aliphatic carbocycles. The molecular formula is C9H8O4. The first-order chi connectivity index (χ1) is 6.24. The predicted molar refractivity (Wildman–Crippen MR) is 45.4 cm³/mol. The van der Waals surface area contributed by atoms with Gasteiger partial charge in [0.05, 0.1) is 0 Å². The molecule has 2 N–H and O–H groups in total. The zero-order valence-electron chi connectivity index (χ0n) is 6.68. The number of carbonyl (C=O) groups is 1. The van der Waals surface area contributed by atoms with Crippen molar-refractivity contribution in [3.05, 3.63) is 42.4 Å². The zero-order valence-corrected chi connectivity index (χ0v) is 6.68. The molecule has 0 bridgehead atoms. The summed E-state index contributed by atoms with van der Waals surface area (Å²) in [5.41, 5.74) is 0. The van der Waals surface area contributed by atoms with E-state index < -0.39 is 11.7 Å². The standard InChI is InChI=1S/C9H8O4/c10-6-8(11)9(12)13-7-4-2-1-3-5-7/h1-6,10-11H. The summed E-state index contributed by atoms with van der Waals surface area (Å²) < 4.78 is 4.65. The number of hydrogen-bond acceptors (Lipinski definition) is 4. The van der Waals surface area contributed by atoms with Crippen molar-refractivity contribution in [2.24, 2.45) is 0 Å². The molecule has 0 aromatic heterocycles. The number of ether oxygens (including phenoxy) is 1. The number of esters is 1. The fourth-order valence-corrected chi connectivity index (χ4v) is 0.701. The average molecular weight is 180 g/mol. The summed E-state index contributed by atoms with van der Waals surface area (Å²) >= 11 is 0. The molecule has 13 heavy (non-hydrogen) atoms. The fraction of sp³-hybridized carbons (Fsp3) is 0. The van der Waals surface area contributed by atoms with Gasteiger partial charge in [0.15, 0.2) is 0 Å². The van der Waals surface area contributed by atoms with E-state index in [2.05, 4.69) is 4.74 Å². The highest BCUT2D eigenvalue weighted by molar-refractivity contribution is 5.87. The maximum Gasteiger partial charge on any atom is 0.382 e. The summed E-state index contributed by atoms with van der Waals surface area (Å²) in [6.07, 6.45) is 0.283. The largest absolute Gasteiger partial charge is 0.511 e. The Hall–Kier alpha value is -1.97. The normalized spacial score (nSPS) is 10.9. The molecule has 4 nitrogen and oxygen atoms in total. The van der Waals surface area contributed by atoms with Crippen LogP contribution in [-0.4, -0.2) is 16.2 Å². The van der Waals surface area contributed by atoms with Crippen LogP contribution in [0.3, 0.4) is 0 Å². The number of carbonyl (C=O) groups excluding carboxylic acids is 1. The number of para-hydroxylation sites is 1. The van der Waals surface area contributed by atoms with Gasteiger partial charge >= 0.3 is 5.97 Å². The molecule has 0 radical (unpaired) electrons. The molecule has 68 valence electrons. The summed E-state index contributed by atoms with van der Waals surface area (Å²) in [5, 5.41) is 17.0. The van der Waals surface area contributed by atoms with Gasteiger partial charge in [0.1, 0.15) is 12.0 Å². The molecule has 0 spiro atoms. The van der Waals surface area contributed by atoms with E-state index in [1.54, 1.807) is 30.3 Å². The maximum atomic E-state index is 10.8. The van der Waals surface area contributed by atoms with Gasteiger partial charge in [-0.15, -0.1) is 0 Å². The van der Waals surface area contributed by atoms with E-state index >= 15 is 0 Å². The molecule has 0 saturated heterocycles. The average Bonchev–Trinajstić information content (AvgIpc) is 2.18. The van der Waals surface area contributed by atoms with E-state index in [1.165, 1.54) is 0 Å². The molecule has 1 aromatic carbocycles. The van der Waals surface area contributed by atoms with Gasteiger partial charge in [-0.1, -0.05) is 18.2 Å². The Labute approximate surface area is 74.7 Å². The van der Waals surface area contributed by atoms with Gasteiger partial charge in [0.2, 0.25) is 5.76 Å². The first kappa shape index (κ1) is 9.12. The Balaban J connectivity index is 2.66. The SMILES string of the molecule is O=C(Oc1ccccc1)C(O)=CO. The third-order valence-corrected chi connectivity index (χ3v) is 1.29. The van der Waals surface area contributed by atoms with Crippen molar-refractivity contribution in [1.29, 1.82) is 0 Å². The van der Waals surface area contributed by atoms with Crippen LogP contribution in [0.4, 0.5) is 0 Å². The Morgan fingerprint density at radius 3 is 2.46 bits per heavy atom. The van der Waals surface area contributed by atoms with E-state index in [9.17, 15) is 4.79 Å². The fourth-order valence-electron chi connectivity index (χ4n) is 0.701. The van der Waals surface area contributed by atoms with Gasteiger partial charge in [0.25, 0.3) is 0 Å². The molecule has 0 aliphatic rings. The van der Waals surface area contributed by atoms with Crippen molar-refractivity contribution in [1.82, 2.24) is 0 Å². The minimum atomic E-state index is -0.992. The molecule has 0 amide bonds. The minimum absolute atomic E-state index is 0.283. The lowest BCUT2D eigenvalue weighted by Gasteiger charge is -2.01. The molecule has 1 aromatic rings. The molecule has 4 heteroatoms. The summed E-state index contributed by atoms with van der Waals surface area (Å²) in [6.45, 7) is 0. The second-order valence-electron chi connectivity index (χ2n) is 2.22. The lowest BCUT2D eigenvalue weighted by molar-refractivity contribution is -0.133. The topological polar surface area (TPSA) is 66.8 Å². The van der Waals surface area contributed by atoms with Crippen LogP contribution in [0, 0.1) is 0 Å². The summed E-state index contributed by atoms with van der Waals surface area (Å²) in [4.78, 5) is 10.8. The predicted octanol–water partition coefficient (Wildman–Crippen LogP) is 1.55. The van der Waals surface area contributed by atoms with Gasteiger partial charge in [0, 0.05) is 0 Å². The van der Waals surface area contributed by atoms with Gasteiger partial charge in [-0.25, -0.2) is 4.79 Å². The smallest absolute Gasteiger partial charge is 0.382 e. The van der Waals surface area contributed by atoms with Crippen LogP contribution in [-0.2, 0) is 4.79 Å². The van der Waals surface area contributed by atoms with E-state index in [0.717, 1.165) is 0 Å². The Morgan fingerprint density at radius 2 is 1.92 bits per heavy atom. The van der Waals surface area contributed by atoms with Crippen LogP contribution < -0.4 is 4.74 Å². The molecule has 0 atom stereocenters. The molecule has 0 heterocycles. The van der Waals surface area contributed by atoms with Gasteiger partial charge in [-0.05, 0) is 12.1 Å². The number of hydrogen-bond donors (Lipinski definition) is 2. The van der Waals surface area contributed by atoms with Crippen molar-refractivity contribution >= 4 is 5.97 Å². The van der Waals surface area contributed by atoms with Crippen molar-refractivity contribution < 1.29 is 19.7 Å². The second kappa shape index (κ2) is 4.15. The molecule has 0 unspecified atom stereocenters. The number of aliphatic hydroxyl groups excluding tert-OH is 2. The lowest BCUT2D eigenvalue weighted by Crippen LogP contribution is -2.10. The van der Waals surface area contributed by atoms with Crippen LogP contribution >= 0.6 is 0 Å². The monoisotopic (exact) mass is 180 g/mol. The first-order valence-electron chi connectivity index (χ1n) is 3.54. The number of benzene rings is 1. The molecule has 0 fully saturated rings. The van der Waals surface area contributed by atoms with E-state index in [1.807, 2.05) is 0 Å². The maximum absolute atomic E-state index is 10.8. The van der Waals surface area contributed by atoms with E-state index in [-0.39, 0.29) is 6.26 Å². The van der Waals surface area contributed by atoms with Crippen molar-refractivity contribution in [2.75, 3.05) is 0 Å². The van der Waals surface area contributed by atoms with Crippen LogP contribution in [0.25, 0.3) is 0 Å². The van der Waals surface area contributed by atoms with Gasteiger partial charge < -0.3 is 14.9 Å². The molecule has 0 saturated carbocycles. The summed E-state index contributed by atoms with van der Waals surface area (Å²) in [5.74, 6) is -1.52. The Kier molecular flexibility index (Phi) is 2.92. The quantitative estimate of drug-likeness (QED) is 0.313. The zero-order chi connectivity index (χ0) is 9.68. The van der Waals surface area contributed by atoms with Gasteiger partial charge in [-0.2, -0.15) is 0 Å². The van der Waals surface area contributed by atoms with Crippen LogP contribution in [0.1, 0.15) is 0 Å². The molecular weight excluding hydrogens is 172 g/mol. The van der Waals surface area contributed by atoms with E-state index in [0.29, 0.717) is 5.75 Å². The summed E-state index contributed by atoms with van der Waals surface area (Å²) in [7, 11) is 0. The third kappa shape index (κ3) is 2.52. The highest BCUT2D eigenvalue weighted by atomic mass is 16.5. The van der Waals surface area contributed by atoms with Crippen LogP contribution in [0.2, 0.25) is 0 Å². The number of rotatable bonds is 2.